The van der Waals surface area contributed by atoms with Gasteiger partial charge in [-0.3, -0.25) is 0 Å². The van der Waals surface area contributed by atoms with Gasteiger partial charge in [-0.05, 0) is 36.5 Å². The number of hydrogen-bond acceptors (Lipinski definition) is 3. The van der Waals surface area contributed by atoms with E-state index in [0.29, 0.717) is 14.4 Å². The van der Waals surface area contributed by atoms with Crippen LogP contribution in [0.15, 0.2) is 54.6 Å². The maximum absolute atomic E-state index is 5.94. The molecule has 0 amide bonds. The highest BCUT2D eigenvalue weighted by atomic mass is 35.5. The van der Waals surface area contributed by atoms with Crippen LogP contribution in [0.2, 0.25) is 5.02 Å². The second-order valence-corrected chi connectivity index (χ2v) is 5.94. The van der Waals surface area contributed by atoms with Gasteiger partial charge in [0, 0.05) is 17.6 Å². The van der Waals surface area contributed by atoms with E-state index in [4.69, 9.17) is 36.0 Å². The number of halogens is 1. The van der Waals surface area contributed by atoms with Crippen LogP contribution in [-0.4, -0.2) is 14.3 Å². The number of aromatic nitrogens is 3. The molecule has 3 rings (SSSR count). The highest BCUT2D eigenvalue weighted by Crippen LogP contribution is 2.20. The molecule has 0 spiro atoms. The summed E-state index contributed by atoms with van der Waals surface area (Å²) in [6.45, 7) is 0. The van der Waals surface area contributed by atoms with Crippen LogP contribution in [0, 0.1) is 9.41 Å². The van der Waals surface area contributed by atoms with Gasteiger partial charge in [0.2, 0.25) is 4.77 Å². The van der Waals surface area contributed by atoms with E-state index in [-0.39, 0.29) is 0 Å². The van der Waals surface area contributed by atoms with Crippen LogP contribution in [0.4, 0.5) is 0 Å². The predicted octanol–water partition coefficient (Wildman–Crippen LogP) is 4.99. The number of benzene rings is 2. The van der Waals surface area contributed by atoms with Crippen molar-refractivity contribution in [2.75, 3.05) is 0 Å². The second kappa shape index (κ2) is 6.12. The van der Waals surface area contributed by atoms with Crippen molar-refractivity contribution in [2.24, 2.45) is 7.05 Å². The van der Waals surface area contributed by atoms with Crippen LogP contribution in [0.5, 0.6) is 0 Å². The third-order valence-corrected chi connectivity index (χ3v) is 4.46. The van der Waals surface area contributed by atoms with Gasteiger partial charge in [-0.1, -0.05) is 54.2 Å². The molecule has 0 aliphatic carbocycles. The molecule has 0 saturated carbocycles. The summed E-state index contributed by atoms with van der Waals surface area (Å²) in [6.07, 6.45) is 0. The van der Waals surface area contributed by atoms with E-state index in [1.807, 2.05) is 61.6 Å². The van der Waals surface area contributed by atoms with Gasteiger partial charge >= 0.3 is 0 Å². The maximum Gasteiger partial charge on any atom is 0.202 e. The molecule has 0 N–H and O–H groups in total. The van der Waals surface area contributed by atoms with Crippen molar-refractivity contribution in [3.05, 3.63) is 69.0 Å². The lowest BCUT2D eigenvalue weighted by molar-refractivity contribution is 0.702. The minimum atomic E-state index is 0.534. The average Bonchev–Trinajstić information content (AvgIpc) is 2.55. The zero-order valence-corrected chi connectivity index (χ0v) is 14.1. The molecule has 2 aromatic carbocycles. The van der Waals surface area contributed by atoms with Crippen molar-refractivity contribution >= 4 is 36.0 Å². The lowest BCUT2D eigenvalue weighted by Crippen LogP contribution is -2.12. The van der Waals surface area contributed by atoms with E-state index in [0.717, 1.165) is 16.9 Å². The first-order valence-electron chi connectivity index (χ1n) is 6.59. The molecule has 0 fully saturated rings. The molecule has 0 aliphatic rings. The van der Waals surface area contributed by atoms with E-state index in [9.17, 15) is 0 Å². The Balaban J connectivity index is 2.29. The molecule has 0 radical (unpaired) electrons. The quantitative estimate of drug-likeness (QED) is 0.611. The van der Waals surface area contributed by atoms with Gasteiger partial charge in [-0.25, -0.2) is 4.68 Å². The van der Waals surface area contributed by atoms with Gasteiger partial charge in [-0.15, -0.1) is 0 Å². The minimum absolute atomic E-state index is 0.534. The van der Waals surface area contributed by atoms with Crippen molar-refractivity contribution in [1.82, 2.24) is 14.3 Å². The van der Waals surface area contributed by atoms with Gasteiger partial charge in [0.1, 0.15) is 10.3 Å². The summed E-state index contributed by atoms with van der Waals surface area (Å²) in [4.78, 5) is 0. The van der Waals surface area contributed by atoms with Crippen LogP contribution in [0.1, 0.15) is 0 Å². The Morgan fingerprint density at radius 1 is 0.955 bits per heavy atom. The standard InChI is InChI=1S/C16H12ClN3S2/c1-19-15(21)14(11-5-3-2-4-6-11)18-20(16(19)22)13-9-7-12(17)8-10-13/h2-10H,1H3. The van der Waals surface area contributed by atoms with Crippen molar-refractivity contribution < 1.29 is 0 Å². The number of nitrogens with zero attached hydrogens (tertiary/aromatic N) is 3. The smallest absolute Gasteiger partial charge is 0.202 e. The highest BCUT2D eigenvalue weighted by molar-refractivity contribution is 7.72. The Hall–Kier alpha value is -1.82. The highest BCUT2D eigenvalue weighted by Gasteiger charge is 2.09. The van der Waals surface area contributed by atoms with Crippen molar-refractivity contribution in [1.29, 1.82) is 0 Å². The fourth-order valence-corrected chi connectivity index (χ4v) is 2.77. The fourth-order valence-electron chi connectivity index (χ4n) is 2.10. The number of rotatable bonds is 2. The van der Waals surface area contributed by atoms with Gasteiger partial charge < -0.3 is 4.57 Å². The van der Waals surface area contributed by atoms with E-state index in [1.54, 1.807) is 9.25 Å². The third-order valence-electron chi connectivity index (χ3n) is 3.29. The fraction of sp³-hybridized carbons (Fsp3) is 0.0625. The molecule has 3 nitrogen and oxygen atoms in total. The Morgan fingerprint density at radius 2 is 1.59 bits per heavy atom. The zero-order chi connectivity index (χ0) is 15.7. The average molecular weight is 346 g/mol. The van der Waals surface area contributed by atoms with Gasteiger partial charge in [0.25, 0.3) is 0 Å². The summed E-state index contributed by atoms with van der Waals surface area (Å²) >= 11 is 16.9. The monoisotopic (exact) mass is 345 g/mol. The molecule has 0 bridgehead atoms. The Labute approximate surface area is 143 Å². The van der Waals surface area contributed by atoms with Gasteiger partial charge in [0.15, 0.2) is 0 Å². The zero-order valence-electron chi connectivity index (χ0n) is 11.7. The van der Waals surface area contributed by atoms with Crippen molar-refractivity contribution in [2.45, 2.75) is 0 Å². The molecular weight excluding hydrogens is 334 g/mol. The molecule has 0 atom stereocenters. The summed E-state index contributed by atoms with van der Waals surface area (Å²) in [6, 6.07) is 17.2. The van der Waals surface area contributed by atoms with E-state index in [2.05, 4.69) is 5.10 Å². The SMILES string of the molecule is Cn1c(=S)c(-c2ccccc2)nn(-c2ccc(Cl)cc2)c1=S. The lowest BCUT2D eigenvalue weighted by atomic mass is 10.2. The molecule has 1 aromatic heterocycles. The van der Waals surface area contributed by atoms with Crippen molar-refractivity contribution in [3.8, 4) is 16.9 Å². The largest absolute Gasteiger partial charge is 0.309 e. The molecule has 22 heavy (non-hydrogen) atoms. The Bertz CT molecular complexity index is 928. The van der Waals surface area contributed by atoms with Crippen LogP contribution in [-0.2, 0) is 7.05 Å². The molecule has 3 aromatic rings. The number of hydrogen-bond donors (Lipinski definition) is 0. The van der Waals surface area contributed by atoms with E-state index >= 15 is 0 Å². The van der Waals surface area contributed by atoms with Gasteiger partial charge in [0.05, 0.1) is 5.69 Å². The summed E-state index contributed by atoms with van der Waals surface area (Å²) < 4.78 is 4.63. The first-order chi connectivity index (χ1) is 10.6. The molecule has 0 aliphatic heterocycles. The van der Waals surface area contributed by atoms with Crippen LogP contribution < -0.4 is 0 Å². The lowest BCUT2D eigenvalue weighted by Gasteiger charge is -2.12. The topological polar surface area (TPSA) is 22.8 Å². The summed E-state index contributed by atoms with van der Waals surface area (Å²) in [5.41, 5.74) is 2.53. The predicted molar refractivity (Wildman–Crippen MR) is 94.6 cm³/mol. The Morgan fingerprint density at radius 3 is 2.23 bits per heavy atom. The first kappa shape index (κ1) is 15.1. The van der Waals surface area contributed by atoms with Crippen LogP contribution in [0.3, 0.4) is 0 Å². The third kappa shape index (κ3) is 2.75. The summed E-state index contributed by atoms with van der Waals surface area (Å²) in [5, 5.41) is 5.32. The van der Waals surface area contributed by atoms with E-state index in [1.165, 1.54) is 0 Å². The maximum atomic E-state index is 5.94. The normalized spacial score (nSPS) is 10.6. The Kier molecular flexibility index (Phi) is 4.20. The molecule has 110 valence electrons. The molecule has 0 unspecified atom stereocenters. The second-order valence-electron chi connectivity index (χ2n) is 4.75. The van der Waals surface area contributed by atoms with Crippen LogP contribution >= 0.6 is 36.0 Å². The molecule has 1 heterocycles. The first-order valence-corrected chi connectivity index (χ1v) is 7.79. The van der Waals surface area contributed by atoms with E-state index < -0.39 is 0 Å². The summed E-state index contributed by atoms with van der Waals surface area (Å²) in [5.74, 6) is 0. The molecular formula is C16H12ClN3S2. The minimum Gasteiger partial charge on any atom is -0.309 e. The summed E-state index contributed by atoms with van der Waals surface area (Å²) in [7, 11) is 1.85. The molecule has 0 saturated heterocycles. The van der Waals surface area contributed by atoms with Crippen LogP contribution in [0.25, 0.3) is 16.9 Å². The molecule has 6 heteroatoms. The van der Waals surface area contributed by atoms with Crippen molar-refractivity contribution in [3.63, 3.8) is 0 Å². The van der Waals surface area contributed by atoms with Gasteiger partial charge in [-0.2, -0.15) is 5.10 Å².